The number of carbonyl (C=O) groups excluding carboxylic acids is 1. The molecule has 0 radical (unpaired) electrons. The highest BCUT2D eigenvalue weighted by Crippen LogP contribution is 2.38. The lowest BCUT2D eigenvalue weighted by molar-refractivity contribution is -0.133. The first-order valence-corrected chi connectivity index (χ1v) is 12.0. The van der Waals surface area contributed by atoms with Crippen LogP contribution < -0.4 is 0 Å². The van der Waals surface area contributed by atoms with E-state index in [2.05, 4.69) is 35.7 Å². The fourth-order valence-electron chi connectivity index (χ4n) is 3.80. The van der Waals surface area contributed by atoms with Crippen LogP contribution in [0.15, 0.2) is 35.7 Å². The molecule has 1 atom stereocenters. The SMILES string of the molecule is Cc1ccc(C2c3ccsc3CCN2C(=O)CN(C2CC2)S(C)(=O)=O)cc1. The largest absolute Gasteiger partial charge is 0.330 e. The van der Waals surface area contributed by atoms with Gasteiger partial charge < -0.3 is 4.90 Å². The van der Waals surface area contributed by atoms with Crippen molar-refractivity contribution in [3.63, 3.8) is 0 Å². The van der Waals surface area contributed by atoms with E-state index in [-0.39, 0.29) is 24.5 Å². The van der Waals surface area contributed by atoms with Gasteiger partial charge in [-0.2, -0.15) is 4.31 Å². The molecule has 1 aromatic heterocycles. The third-order valence-corrected chi connectivity index (χ3v) is 7.63. The zero-order chi connectivity index (χ0) is 19.2. The average molecular weight is 405 g/mol. The van der Waals surface area contributed by atoms with Crippen LogP contribution in [0.2, 0.25) is 0 Å². The Labute approximate surface area is 164 Å². The minimum Gasteiger partial charge on any atom is -0.330 e. The Hall–Kier alpha value is -1.70. The molecule has 0 bridgehead atoms. The number of carbonyl (C=O) groups is 1. The number of fused-ring (bicyclic) bond motifs is 1. The van der Waals surface area contributed by atoms with Crippen molar-refractivity contribution >= 4 is 27.3 Å². The summed E-state index contributed by atoms with van der Waals surface area (Å²) in [4.78, 5) is 16.4. The monoisotopic (exact) mass is 404 g/mol. The lowest BCUT2D eigenvalue weighted by Crippen LogP contribution is -2.47. The molecule has 2 aliphatic rings. The van der Waals surface area contributed by atoms with Crippen molar-refractivity contribution in [2.24, 2.45) is 0 Å². The summed E-state index contributed by atoms with van der Waals surface area (Å²) in [5.41, 5.74) is 3.42. The van der Waals surface area contributed by atoms with Crippen LogP contribution in [0, 0.1) is 6.92 Å². The highest BCUT2D eigenvalue weighted by atomic mass is 32.2. The molecular formula is C20H24N2O3S2. The number of amides is 1. The molecule has 2 aromatic rings. The molecule has 1 aliphatic heterocycles. The van der Waals surface area contributed by atoms with Crippen LogP contribution >= 0.6 is 11.3 Å². The Balaban J connectivity index is 1.65. The van der Waals surface area contributed by atoms with Gasteiger partial charge in [-0.1, -0.05) is 29.8 Å². The molecule has 27 heavy (non-hydrogen) atoms. The molecule has 5 nitrogen and oxygen atoms in total. The number of hydrogen-bond acceptors (Lipinski definition) is 4. The van der Waals surface area contributed by atoms with Gasteiger partial charge in [0.15, 0.2) is 0 Å². The first-order chi connectivity index (χ1) is 12.8. The van der Waals surface area contributed by atoms with E-state index in [0.717, 1.165) is 24.8 Å². The smallest absolute Gasteiger partial charge is 0.238 e. The van der Waals surface area contributed by atoms with E-state index in [1.807, 2.05) is 11.8 Å². The van der Waals surface area contributed by atoms with Gasteiger partial charge in [0.25, 0.3) is 0 Å². The minimum absolute atomic E-state index is 0.0109. The van der Waals surface area contributed by atoms with Gasteiger partial charge >= 0.3 is 0 Å². The van der Waals surface area contributed by atoms with Crippen LogP contribution in [-0.4, -0.2) is 48.9 Å². The number of nitrogens with zero attached hydrogens (tertiary/aromatic N) is 2. The highest BCUT2D eigenvalue weighted by Gasteiger charge is 2.39. The normalized spacial score (nSPS) is 20.0. The van der Waals surface area contributed by atoms with Gasteiger partial charge in [0.05, 0.1) is 18.8 Å². The van der Waals surface area contributed by atoms with E-state index < -0.39 is 10.0 Å². The van der Waals surface area contributed by atoms with Gasteiger partial charge in [0.2, 0.25) is 15.9 Å². The third kappa shape index (κ3) is 3.81. The third-order valence-electron chi connectivity index (χ3n) is 5.35. The van der Waals surface area contributed by atoms with Crippen molar-refractivity contribution in [2.45, 2.75) is 38.3 Å². The second-order valence-electron chi connectivity index (χ2n) is 7.49. The van der Waals surface area contributed by atoms with Gasteiger partial charge in [-0.3, -0.25) is 4.79 Å². The fourth-order valence-corrected chi connectivity index (χ4v) is 5.80. The Morgan fingerprint density at radius 2 is 1.93 bits per heavy atom. The molecule has 0 spiro atoms. The Morgan fingerprint density at radius 1 is 1.22 bits per heavy atom. The molecule has 2 heterocycles. The number of sulfonamides is 1. The summed E-state index contributed by atoms with van der Waals surface area (Å²) in [5, 5.41) is 2.08. The van der Waals surface area contributed by atoms with Crippen molar-refractivity contribution in [3.05, 3.63) is 57.3 Å². The summed E-state index contributed by atoms with van der Waals surface area (Å²) in [6.45, 7) is 2.60. The number of thiophene rings is 1. The maximum Gasteiger partial charge on any atom is 0.238 e. The molecule has 1 aliphatic carbocycles. The van der Waals surface area contributed by atoms with Crippen molar-refractivity contribution in [1.29, 1.82) is 0 Å². The van der Waals surface area contributed by atoms with Crippen LogP contribution in [0.4, 0.5) is 0 Å². The predicted octanol–water partition coefficient (Wildman–Crippen LogP) is 2.95. The molecule has 1 unspecified atom stereocenters. The number of rotatable bonds is 5. The number of hydrogen-bond donors (Lipinski definition) is 0. The van der Waals surface area contributed by atoms with Gasteiger partial charge in [-0.05, 0) is 48.8 Å². The zero-order valence-corrected chi connectivity index (χ0v) is 17.2. The summed E-state index contributed by atoms with van der Waals surface area (Å²) in [6.07, 6.45) is 3.71. The van der Waals surface area contributed by atoms with E-state index in [0.29, 0.717) is 6.54 Å². The standard InChI is InChI=1S/C20H24N2O3S2/c1-14-3-5-15(6-4-14)20-17-10-12-26-18(17)9-11-21(20)19(23)13-22(16-7-8-16)27(2,24)25/h3-6,10,12,16,20H,7-9,11,13H2,1-2H3. The van der Waals surface area contributed by atoms with Crippen LogP contribution in [0.25, 0.3) is 0 Å². The van der Waals surface area contributed by atoms with Crippen LogP contribution in [0.1, 0.15) is 40.5 Å². The summed E-state index contributed by atoms with van der Waals surface area (Å²) in [7, 11) is -3.38. The van der Waals surface area contributed by atoms with Crippen LogP contribution in [-0.2, 0) is 21.2 Å². The van der Waals surface area contributed by atoms with Gasteiger partial charge in [0.1, 0.15) is 0 Å². The van der Waals surface area contributed by atoms with E-state index in [9.17, 15) is 13.2 Å². The van der Waals surface area contributed by atoms with Crippen LogP contribution in [0.5, 0.6) is 0 Å². The second kappa shape index (κ2) is 7.04. The van der Waals surface area contributed by atoms with E-state index >= 15 is 0 Å². The molecule has 1 fully saturated rings. The fraction of sp³-hybridized carbons (Fsp3) is 0.450. The quantitative estimate of drug-likeness (QED) is 0.770. The van der Waals surface area contributed by atoms with E-state index in [1.54, 1.807) is 11.3 Å². The maximum absolute atomic E-state index is 13.2. The molecular weight excluding hydrogens is 380 g/mol. The number of benzene rings is 1. The highest BCUT2D eigenvalue weighted by molar-refractivity contribution is 7.88. The Bertz CT molecular complexity index is 946. The molecule has 4 rings (SSSR count). The van der Waals surface area contributed by atoms with Crippen molar-refractivity contribution in [3.8, 4) is 0 Å². The van der Waals surface area contributed by atoms with Gasteiger partial charge in [-0.25, -0.2) is 8.42 Å². The Kier molecular flexibility index (Phi) is 4.86. The topological polar surface area (TPSA) is 57.7 Å². The average Bonchev–Trinajstić information content (AvgIpc) is 3.34. The molecule has 0 saturated heterocycles. The first-order valence-electron chi connectivity index (χ1n) is 9.23. The van der Waals surface area contributed by atoms with Gasteiger partial charge in [-0.15, -0.1) is 11.3 Å². The summed E-state index contributed by atoms with van der Waals surface area (Å²) in [6, 6.07) is 10.2. The van der Waals surface area contributed by atoms with E-state index in [4.69, 9.17) is 0 Å². The second-order valence-corrected chi connectivity index (χ2v) is 10.4. The number of aryl methyl sites for hydroxylation is 1. The summed E-state index contributed by atoms with van der Waals surface area (Å²) < 4.78 is 25.6. The van der Waals surface area contributed by atoms with Crippen molar-refractivity contribution in [1.82, 2.24) is 9.21 Å². The molecule has 1 saturated carbocycles. The Morgan fingerprint density at radius 3 is 2.56 bits per heavy atom. The first kappa shape index (κ1) is 18.7. The van der Waals surface area contributed by atoms with E-state index in [1.165, 1.54) is 26.6 Å². The minimum atomic E-state index is -3.38. The molecule has 7 heteroatoms. The maximum atomic E-state index is 13.2. The van der Waals surface area contributed by atoms with Crippen molar-refractivity contribution in [2.75, 3.05) is 19.3 Å². The van der Waals surface area contributed by atoms with Crippen LogP contribution in [0.3, 0.4) is 0 Å². The van der Waals surface area contributed by atoms with Crippen molar-refractivity contribution < 1.29 is 13.2 Å². The lowest BCUT2D eigenvalue weighted by atomic mass is 9.92. The summed E-state index contributed by atoms with van der Waals surface area (Å²) >= 11 is 1.73. The zero-order valence-electron chi connectivity index (χ0n) is 15.6. The predicted molar refractivity (Wildman–Crippen MR) is 107 cm³/mol. The molecule has 144 valence electrons. The molecule has 0 N–H and O–H groups in total. The molecule has 1 amide bonds. The molecule has 1 aromatic carbocycles. The van der Waals surface area contributed by atoms with Gasteiger partial charge in [0, 0.05) is 17.5 Å². The summed E-state index contributed by atoms with van der Waals surface area (Å²) in [5.74, 6) is -0.116. The lowest BCUT2D eigenvalue weighted by Gasteiger charge is -2.37.